The first-order chi connectivity index (χ1) is 22.6. The maximum atomic E-state index is 15.1. The second kappa shape index (κ2) is 12.1. The Morgan fingerprint density at radius 2 is 0.562 bits per heavy atom. The zero-order chi connectivity index (χ0) is 36.1. The number of hydrogen-bond donors (Lipinski definition) is 0. The summed E-state index contributed by atoms with van der Waals surface area (Å²) >= 11 is 0. The van der Waals surface area contributed by atoms with Gasteiger partial charge in [0.1, 0.15) is 47.0 Å². The Labute approximate surface area is 258 Å². The quantitative estimate of drug-likeness (QED) is 0.125. The van der Waals surface area contributed by atoms with Gasteiger partial charge < -0.3 is 0 Å². The largest absolute Gasteiger partial charge is 0.203 e. The van der Waals surface area contributed by atoms with Crippen LogP contribution in [0.1, 0.15) is 33.4 Å². The highest BCUT2D eigenvalue weighted by Crippen LogP contribution is 2.57. The maximum Gasteiger partial charge on any atom is 0.180 e. The third kappa shape index (κ3) is 4.58. The van der Waals surface area contributed by atoms with Crippen molar-refractivity contribution >= 4 is 16.7 Å². The topological polar surface area (TPSA) is 119 Å². The van der Waals surface area contributed by atoms with Gasteiger partial charge in [0.2, 0.25) is 0 Å². The van der Waals surface area contributed by atoms with Crippen molar-refractivity contribution in [2.45, 2.75) is 0 Å². The predicted octanol–water partition coefficient (Wildman–Crippen LogP) is 7.33. The highest BCUT2D eigenvalue weighted by Gasteiger charge is 2.46. The van der Waals surface area contributed by atoms with Crippen LogP contribution in [0.4, 0.5) is 52.7 Å². The Balaban J connectivity index is 2.38. The van der Waals surface area contributed by atoms with Crippen LogP contribution in [-0.4, -0.2) is 0 Å². The number of allylic oxidation sites excluding steroid dienone is 6. The second-order valence-corrected chi connectivity index (χ2v) is 8.97. The van der Waals surface area contributed by atoms with E-state index in [4.69, 9.17) is 22.2 Å². The molecule has 0 amide bonds. The van der Waals surface area contributed by atoms with Crippen molar-refractivity contribution in [3.05, 3.63) is 120 Å². The lowest BCUT2D eigenvalue weighted by Gasteiger charge is -2.09. The Hall–Kier alpha value is -6.95. The molecule has 0 atom stereocenters. The number of terminal acetylenes is 1. The van der Waals surface area contributed by atoms with E-state index in [2.05, 4.69) is 0 Å². The Morgan fingerprint density at radius 3 is 0.750 bits per heavy atom. The van der Waals surface area contributed by atoms with Gasteiger partial charge in [-0.2, -0.15) is 26.3 Å². The van der Waals surface area contributed by atoms with E-state index in [1.807, 2.05) is 0 Å². The van der Waals surface area contributed by atoms with Gasteiger partial charge in [-0.15, -0.1) is 6.42 Å². The lowest BCUT2D eigenvalue weighted by atomic mass is 9.98. The molecule has 234 valence electrons. The molecule has 0 N–H and O–H groups in total. The molecule has 1 fully saturated rings. The number of nitriles is 5. The van der Waals surface area contributed by atoms with Crippen LogP contribution in [0.5, 0.6) is 0 Å². The standard InChI is InChI=1S/C31HF12N5/c1-2-8(17-26(38)20(32)11(5-46)21(33)27(17)39)14-15(9(3-44)18-28(40)22(34)12(6-47)23(35)29(18)41)16(14)10(4-45)19-30(42)24(36)13(7-48)25(37)31(19)43/h1H. The summed E-state index contributed by atoms with van der Waals surface area (Å²) in [7, 11) is 0. The van der Waals surface area contributed by atoms with Crippen molar-refractivity contribution < 1.29 is 52.7 Å². The van der Waals surface area contributed by atoms with E-state index < -0.39 is 137 Å². The predicted molar refractivity (Wildman–Crippen MR) is 134 cm³/mol. The molecule has 0 radical (unpaired) electrons. The van der Waals surface area contributed by atoms with Gasteiger partial charge in [0.25, 0.3) is 0 Å². The molecule has 3 aromatic carbocycles. The van der Waals surface area contributed by atoms with E-state index in [-0.39, 0.29) is 0 Å². The van der Waals surface area contributed by atoms with Crippen LogP contribution >= 0.6 is 0 Å². The molecule has 0 saturated heterocycles. The minimum Gasteiger partial charge on any atom is -0.203 e. The average molecular weight is 671 g/mol. The molecule has 0 aliphatic heterocycles. The Bertz CT molecular complexity index is 2060. The van der Waals surface area contributed by atoms with Crippen LogP contribution in [0.25, 0.3) is 16.7 Å². The third-order valence-corrected chi connectivity index (χ3v) is 6.68. The zero-order valence-electron chi connectivity index (χ0n) is 22.3. The molecule has 17 heteroatoms. The van der Waals surface area contributed by atoms with Crippen LogP contribution < -0.4 is 0 Å². The van der Waals surface area contributed by atoms with Gasteiger partial charge >= 0.3 is 0 Å². The van der Waals surface area contributed by atoms with Crippen molar-refractivity contribution in [1.29, 1.82) is 26.3 Å². The Kier molecular flexibility index (Phi) is 8.55. The minimum atomic E-state index is -2.50. The number of hydrogen-bond acceptors (Lipinski definition) is 5. The molecule has 3 aromatic rings. The van der Waals surface area contributed by atoms with Crippen molar-refractivity contribution in [3.8, 4) is 42.7 Å². The molecule has 1 aliphatic carbocycles. The van der Waals surface area contributed by atoms with Gasteiger partial charge in [-0.1, -0.05) is 5.92 Å². The van der Waals surface area contributed by atoms with Crippen LogP contribution in [0.15, 0.2) is 16.7 Å². The summed E-state index contributed by atoms with van der Waals surface area (Å²) in [4.78, 5) is 0. The summed E-state index contributed by atoms with van der Waals surface area (Å²) in [5, 5.41) is 46.2. The molecule has 1 aliphatic rings. The van der Waals surface area contributed by atoms with Gasteiger partial charge in [-0.3, -0.25) is 0 Å². The summed E-state index contributed by atoms with van der Waals surface area (Å²) < 4.78 is 178. The molecule has 0 unspecified atom stereocenters. The monoisotopic (exact) mass is 671 g/mol. The van der Waals surface area contributed by atoms with Gasteiger partial charge in [0, 0.05) is 22.3 Å². The SMILES string of the molecule is C#CC(=C1C(=C(C#N)c2c(F)c(F)c(C#N)c(F)c2F)C1=C(C#N)c1c(F)c(F)c(C#N)c(F)c1F)c1c(F)c(F)c(C#N)c(F)c1F. The van der Waals surface area contributed by atoms with Crippen molar-refractivity contribution in [1.82, 2.24) is 0 Å². The number of rotatable bonds is 3. The highest BCUT2D eigenvalue weighted by atomic mass is 19.2. The van der Waals surface area contributed by atoms with Crippen LogP contribution in [-0.2, 0) is 0 Å². The second-order valence-electron chi connectivity index (χ2n) is 8.97. The van der Waals surface area contributed by atoms with E-state index in [0.717, 1.165) is 30.3 Å². The molecule has 0 heterocycles. The molecular formula is C31HF12N5. The lowest BCUT2D eigenvalue weighted by Crippen LogP contribution is -2.06. The van der Waals surface area contributed by atoms with E-state index in [9.17, 15) is 36.9 Å². The fourth-order valence-corrected chi connectivity index (χ4v) is 4.53. The molecule has 48 heavy (non-hydrogen) atoms. The van der Waals surface area contributed by atoms with Gasteiger partial charge in [0.05, 0.1) is 27.8 Å². The molecule has 4 rings (SSSR count). The number of benzene rings is 3. The lowest BCUT2D eigenvalue weighted by molar-refractivity contribution is 0.446. The van der Waals surface area contributed by atoms with Crippen LogP contribution in [0.2, 0.25) is 0 Å². The van der Waals surface area contributed by atoms with Gasteiger partial charge in [-0.25, -0.2) is 52.7 Å². The summed E-state index contributed by atoms with van der Waals surface area (Å²) in [6, 6.07) is 4.35. The van der Waals surface area contributed by atoms with Crippen molar-refractivity contribution in [2.24, 2.45) is 0 Å². The third-order valence-electron chi connectivity index (χ3n) is 6.68. The fraction of sp³-hybridized carbons (Fsp3) is 0. The minimum absolute atomic E-state index is 0.782. The van der Waals surface area contributed by atoms with Gasteiger partial charge in [0.15, 0.2) is 69.8 Å². The first-order valence-electron chi connectivity index (χ1n) is 11.9. The van der Waals surface area contributed by atoms with Gasteiger partial charge in [-0.05, 0) is 0 Å². The van der Waals surface area contributed by atoms with E-state index in [0.29, 0.717) is 0 Å². The molecule has 0 aromatic heterocycles. The van der Waals surface area contributed by atoms with Crippen LogP contribution in [0, 0.1) is 139 Å². The summed E-state index contributed by atoms with van der Waals surface area (Å²) in [5.41, 5.74) is -20.6. The normalized spacial score (nSPS) is 13.8. The van der Waals surface area contributed by atoms with E-state index in [1.165, 1.54) is 5.92 Å². The van der Waals surface area contributed by atoms with E-state index in [1.54, 1.807) is 0 Å². The molecule has 0 spiro atoms. The summed E-state index contributed by atoms with van der Waals surface area (Å²) in [5.74, 6) is -27.9. The molecular weight excluding hydrogens is 670 g/mol. The highest BCUT2D eigenvalue weighted by molar-refractivity contribution is 6.12. The van der Waals surface area contributed by atoms with Crippen molar-refractivity contribution in [2.75, 3.05) is 0 Å². The van der Waals surface area contributed by atoms with Crippen molar-refractivity contribution in [3.63, 3.8) is 0 Å². The maximum absolute atomic E-state index is 15.1. The molecule has 1 saturated carbocycles. The first kappa shape index (κ1) is 33.9. The Morgan fingerprint density at radius 1 is 0.354 bits per heavy atom. The molecule has 0 bridgehead atoms. The summed E-state index contributed by atoms with van der Waals surface area (Å²) in [6.45, 7) is 0. The average Bonchev–Trinajstić information content (AvgIpc) is 3.78. The van der Waals surface area contributed by atoms with E-state index >= 15 is 26.3 Å². The van der Waals surface area contributed by atoms with Crippen LogP contribution in [0.3, 0.4) is 0 Å². The first-order valence-corrected chi connectivity index (χ1v) is 11.9. The summed E-state index contributed by atoms with van der Waals surface area (Å²) in [6.07, 6.45) is 5.26. The fourth-order valence-electron chi connectivity index (χ4n) is 4.53. The molecule has 5 nitrogen and oxygen atoms in total. The number of halogens is 12. The number of nitrogens with zero attached hydrogens (tertiary/aromatic N) is 5. The zero-order valence-corrected chi connectivity index (χ0v) is 22.3. The smallest absolute Gasteiger partial charge is 0.180 e.